The van der Waals surface area contributed by atoms with Gasteiger partial charge in [0.15, 0.2) is 0 Å². The van der Waals surface area contributed by atoms with Crippen molar-refractivity contribution in [1.82, 2.24) is 14.6 Å². The van der Waals surface area contributed by atoms with Crippen LogP contribution in [0.15, 0.2) is 23.0 Å². The molecule has 28 heavy (non-hydrogen) atoms. The second kappa shape index (κ2) is 7.27. The van der Waals surface area contributed by atoms with E-state index >= 15 is 0 Å². The van der Waals surface area contributed by atoms with E-state index in [0.29, 0.717) is 37.6 Å². The number of hydroxylamine groups is 2. The molecule has 1 aliphatic carbocycles. The predicted molar refractivity (Wildman–Crippen MR) is 97.6 cm³/mol. The summed E-state index contributed by atoms with van der Waals surface area (Å²) in [5.74, 6) is 0. The average Bonchev–Trinajstić information content (AvgIpc) is 2.93. The molecule has 0 spiro atoms. The van der Waals surface area contributed by atoms with Crippen LogP contribution < -0.4 is 5.69 Å². The van der Waals surface area contributed by atoms with E-state index in [0.717, 1.165) is 12.1 Å². The number of fused-ring (bicyclic) bond motifs is 1. The van der Waals surface area contributed by atoms with E-state index in [1.807, 2.05) is 20.8 Å². The lowest BCUT2D eigenvalue weighted by molar-refractivity contribution is -0.236. The third-order valence-corrected chi connectivity index (χ3v) is 4.92. The highest BCUT2D eigenvalue weighted by molar-refractivity contribution is 5.76. The first-order valence-electron chi connectivity index (χ1n) is 9.24. The summed E-state index contributed by atoms with van der Waals surface area (Å²) in [6.45, 7) is 5.57. The normalized spacial score (nSPS) is 21.1. The molecule has 2 aromatic rings. The Morgan fingerprint density at radius 3 is 2.36 bits per heavy atom. The average molecular weight is 399 g/mol. The van der Waals surface area contributed by atoms with Crippen LogP contribution in [0.3, 0.4) is 0 Å². The van der Waals surface area contributed by atoms with Gasteiger partial charge >= 0.3 is 11.9 Å². The zero-order valence-corrected chi connectivity index (χ0v) is 16.0. The Bertz CT molecular complexity index is 903. The zero-order chi connectivity index (χ0) is 20.7. The maximum atomic E-state index is 12.9. The molecule has 1 heterocycles. The number of hydrogen-bond acceptors (Lipinski definition) is 3. The van der Waals surface area contributed by atoms with Crippen LogP contribution in [0, 0.1) is 0 Å². The number of amides is 1. The van der Waals surface area contributed by atoms with Gasteiger partial charge in [-0.3, -0.25) is 14.2 Å². The Kier molecular flexibility index (Phi) is 5.31. The van der Waals surface area contributed by atoms with Crippen LogP contribution in [0.4, 0.5) is 13.2 Å². The molecule has 3 rings (SSSR count). The fourth-order valence-corrected chi connectivity index (χ4v) is 3.74. The molecule has 0 bridgehead atoms. The number of H-pyrrole nitrogens is 1. The number of aromatic amines is 1. The molecule has 154 valence electrons. The van der Waals surface area contributed by atoms with Crippen LogP contribution in [-0.2, 0) is 15.8 Å². The molecule has 1 N–H and O–H groups in total. The van der Waals surface area contributed by atoms with Gasteiger partial charge in [-0.25, -0.2) is 9.86 Å². The molecule has 0 unspecified atom stereocenters. The Morgan fingerprint density at radius 1 is 1.18 bits per heavy atom. The summed E-state index contributed by atoms with van der Waals surface area (Å²) < 4.78 is 40.2. The molecule has 1 aromatic carbocycles. The lowest BCUT2D eigenvalue weighted by Crippen LogP contribution is -2.42. The standard InChI is InChI=1S/C19H24F3N3O3/c1-18(2,3)28-24(11-26)13-5-7-14(8-6-13)25-16-9-4-12(19(20,21)22)10-15(16)23-17(25)27/h4,9-11,13-14H,5-8H2,1-3H3,(H,23,27). The molecule has 1 fully saturated rings. The smallest absolute Gasteiger partial charge is 0.306 e. The second-order valence-electron chi connectivity index (χ2n) is 8.16. The topological polar surface area (TPSA) is 67.3 Å². The number of nitrogens with zero attached hydrogens (tertiary/aromatic N) is 2. The highest BCUT2D eigenvalue weighted by atomic mass is 19.4. The SMILES string of the molecule is CC(C)(C)ON(C=O)C1CCC(n2c(=O)[nH]c3cc(C(F)(F)F)ccc32)CC1. The molecule has 9 heteroatoms. The molecule has 0 saturated heterocycles. The number of rotatable bonds is 4. The van der Waals surface area contributed by atoms with Crippen molar-refractivity contribution in [2.75, 3.05) is 0 Å². The van der Waals surface area contributed by atoms with Crippen molar-refractivity contribution in [3.63, 3.8) is 0 Å². The highest BCUT2D eigenvalue weighted by Crippen LogP contribution is 2.34. The Labute approximate surface area is 160 Å². The highest BCUT2D eigenvalue weighted by Gasteiger charge is 2.33. The van der Waals surface area contributed by atoms with Crippen LogP contribution in [0.5, 0.6) is 0 Å². The third-order valence-electron chi connectivity index (χ3n) is 4.92. The van der Waals surface area contributed by atoms with Crippen LogP contribution in [0.2, 0.25) is 0 Å². The largest absolute Gasteiger partial charge is 0.416 e. The number of halogens is 3. The first-order valence-corrected chi connectivity index (χ1v) is 9.24. The fraction of sp³-hybridized carbons (Fsp3) is 0.579. The zero-order valence-electron chi connectivity index (χ0n) is 16.0. The van der Waals surface area contributed by atoms with Gasteiger partial charge in [0.25, 0.3) is 0 Å². The number of nitrogens with one attached hydrogen (secondary N) is 1. The van der Waals surface area contributed by atoms with E-state index in [2.05, 4.69) is 4.98 Å². The number of alkyl halides is 3. The Balaban J connectivity index is 1.79. The molecular weight excluding hydrogens is 375 g/mol. The molecule has 1 aliphatic rings. The Hall–Kier alpha value is -2.29. The van der Waals surface area contributed by atoms with Gasteiger partial charge in [0.05, 0.1) is 28.2 Å². The van der Waals surface area contributed by atoms with Gasteiger partial charge in [-0.15, -0.1) is 0 Å². The van der Waals surface area contributed by atoms with E-state index in [1.165, 1.54) is 15.7 Å². The number of aromatic nitrogens is 2. The third kappa shape index (κ3) is 4.24. The van der Waals surface area contributed by atoms with Gasteiger partial charge in [-0.1, -0.05) is 0 Å². The van der Waals surface area contributed by atoms with Crippen molar-refractivity contribution >= 4 is 17.4 Å². The minimum Gasteiger partial charge on any atom is -0.306 e. The van der Waals surface area contributed by atoms with Crippen molar-refractivity contribution in [1.29, 1.82) is 0 Å². The lowest BCUT2D eigenvalue weighted by atomic mass is 9.90. The van der Waals surface area contributed by atoms with Gasteiger partial charge in [-0.2, -0.15) is 13.2 Å². The number of imidazole rings is 1. The van der Waals surface area contributed by atoms with E-state index in [9.17, 15) is 22.8 Å². The minimum atomic E-state index is -4.46. The van der Waals surface area contributed by atoms with E-state index < -0.39 is 23.0 Å². The van der Waals surface area contributed by atoms with E-state index in [-0.39, 0.29) is 17.6 Å². The summed E-state index contributed by atoms with van der Waals surface area (Å²) in [5, 5.41) is 1.34. The number of carbonyl (C=O) groups is 1. The van der Waals surface area contributed by atoms with Crippen LogP contribution in [-0.4, -0.2) is 32.7 Å². The molecule has 1 saturated carbocycles. The molecule has 6 nitrogen and oxygen atoms in total. The first kappa shape index (κ1) is 20.4. The second-order valence-corrected chi connectivity index (χ2v) is 8.16. The minimum absolute atomic E-state index is 0.0919. The molecular formula is C19H24F3N3O3. The molecule has 1 aromatic heterocycles. The summed E-state index contributed by atoms with van der Waals surface area (Å²) in [7, 11) is 0. The quantitative estimate of drug-likeness (QED) is 0.624. The van der Waals surface area contributed by atoms with Crippen molar-refractivity contribution in [2.45, 2.75) is 70.3 Å². The van der Waals surface area contributed by atoms with Gasteiger partial charge in [-0.05, 0) is 64.7 Å². The van der Waals surface area contributed by atoms with Gasteiger partial charge in [0.2, 0.25) is 6.41 Å². The molecule has 0 radical (unpaired) electrons. The summed E-state index contributed by atoms with van der Waals surface area (Å²) in [4.78, 5) is 32.0. The number of carbonyl (C=O) groups excluding carboxylic acids is 1. The van der Waals surface area contributed by atoms with Gasteiger partial charge in [0, 0.05) is 6.04 Å². The van der Waals surface area contributed by atoms with Crippen molar-refractivity contribution < 1.29 is 22.8 Å². The molecule has 0 aliphatic heterocycles. The summed E-state index contributed by atoms with van der Waals surface area (Å²) in [5.41, 5.74) is -1.08. The molecule has 0 atom stereocenters. The van der Waals surface area contributed by atoms with Crippen LogP contribution in [0.1, 0.15) is 58.1 Å². The maximum absolute atomic E-state index is 12.9. The first-order chi connectivity index (χ1) is 13.0. The molecule has 1 amide bonds. The van der Waals surface area contributed by atoms with Crippen LogP contribution in [0.25, 0.3) is 11.0 Å². The summed E-state index contributed by atoms with van der Waals surface area (Å²) in [6, 6.07) is 3.05. The van der Waals surface area contributed by atoms with Gasteiger partial charge in [0.1, 0.15) is 0 Å². The van der Waals surface area contributed by atoms with Crippen molar-refractivity contribution in [3.05, 3.63) is 34.2 Å². The Morgan fingerprint density at radius 2 is 1.82 bits per heavy atom. The van der Waals surface area contributed by atoms with Gasteiger partial charge < -0.3 is 4.98 Å². The van der Waals surface area contributed by atoms with E-state index in [4.69, 9.17) is 4.84 Å². The van der Waals surface area contributed by atoms with Crippen LogP contribution >= 0.6 is 0 Å². The van der Waals surface area contributed by atoms with Crippen molar-refractivity contribution in [3.8, 4) is 0 Å². The monoisotopic (exact) mass is 399 g/mol. The van der Waals surface area contributed by atoms with E-state index in [1.54, 1.807) is 0 Å². The number of hydrogen-bond donors (Lipinski definition) is 1. The fourth-order valence-electron chi connectivity index (χ4n) is 3.74. The number of benzene rings is 1. The summed E-state index contributed by atoms with van der Waals surface area (Å²) in [6.07, 6.45) is -1.27. The lowest BCUT2D eigenvalue weighted by Gasteiger charge is -2.37. The predicted octanol–water partition coefficient (Wildman–Crippen LogP) is 4.02. The summed E-state index contributed by atoms with van der Waals surface area (Å²) >= 11 is 0. The van der Waals surface area contributed by atoms with Crippen molar-refractivity contribution in [2.24, 2.45) is 0 Å². The maximum Gasteiger partial charge on any atom is 0.416 e.